The number of ether oxygens (including phenoxy) is 1. The van der Waals surface area contributed by atoms with E-state index in [9.17, 15) is 4.79 Å². The van der Waals surface area contributed by atoms with Gasteiger partial charge in [-0.05, 0) is 36.8 Å². The highest BCUT2D eigenvalue weighted by atomic mass is 35.5. The van der Waals surface area contributed by atoms with Gasteiger partial charge in [0.15, 0.2) is 6.10 Å². The van der Waals surface area contributed by atoms with E-state index >= 15 is 0 Å². The number of amides is 1. The molecule has 3 rings (SSSR count). The van der Waals surface area contributed by atoms with E-state index in [4.69, 9.17) is 16.3 Å². The molecule has 1 N–H and O–H groups in total. The van der Waals surface area contributed by atoms with Gasteiger partial charge in [-0.1, -0.05) is 41.9 Å². The Morgan fingerprint density at radius 3 is 2.76 bits per heavy atom. The van der Waals surface area contributed by atoms with Crippen LogP contribution in [0.25, 0.3) is 10.9 Å². The number of carbonyl (C=O) groups is 1. The minimum absolute atomic E-state index is 0.349. The number of hydrogen-bond acceptors (Lipinski definition) is 4. The summed E-state index contributed by atoms with van der Waals surface area (Å²) in [6, 6.07) is 16.5. The predicted molar refractivity (Wildman–Crippen MR) is 99.0 cm³/mol. The number of fused-ring (bicyclic) bond motifs is 1. The Balaban J connectivity index is 1.63. The molecule has 0 saturated heterocycles. The molecule has 1 aromatic heterocycles. The zero-order valence-electron chi connectivity index (χ0n) is 13.5. The van der Waals surface area contributed by atoms with Gasteiger partial charge in [-0.15, -0.1) is 0 Å². The van der Waals surface area contributed by atoms with E-state index in [0.29, 0.717) is 16.3 Å². The van der Waals surface area contributed by atoms with Gasteiger partial charge in [0.1, 0.15) is 11.3 Å². The Kier molecular flexibility index (Phi) is 5.26. The maximum absolute atomic E-state index is 12.1. The van der Waals surface area contributed by atoms with Gasteiger partial charge < -0.3 is 4.74 Å². The molecule has 2 aromatic carbocycles. The summed E-state index contributed by atoms with van der Waals surface area (Å²) in [7, 11) is 0. The largest absolute Gasteiger partial charge is 0.479 e. The molecule has 1 heterocycles. The first kappa shape index (κ1) is 16.9. The van der Waals surface area contributed by atoms with E-state index in [1.54, 1.807) is 49.7 Å². The average molecular weight is 354 g/mol. The molecule has 0 radical (unpaired) electrons. The van der Waals surface area contributed by atoms with E-state index < -0.39 is 6.10 Å². The van der Waals surface area contributed by atoms with Crippen molar-refractivity contribution >= 4 is 34.6 Å². The lowest BCUT2D eigenvalue weighted by Crippen LogP contribution is -2.33. The van der Waals surface area contributed by atoms with Gasteiger partial charge in [0.05, 0.1) is 6.21 Å². The number of nitrogens with one attached hydrogen (secondary N) is 1. The second kappa shape index (κ2) is 7.77. The van der Waals surface area contributed by atoms with Crippen LogP contribution in [0.2, 0.25) is 5.02 Å². The molecule has 1 amide bonds. The van der Waals surface area contributed by atoms with Crippen molar-refractivity contribution in [3.8, 4) is 5.75 Å². The third kappa shape index (κ3) is 4.33. The Morgan fingerprint density at radius 1 is 1.20 bits per heavy atom. The minimum Gasteiger partial charge on any atom is -0.479 e. The molecule has 25 heavy (non-hydrogen) atoms. The van der Waals surface area contributed by atoms with E-state index in [-0.39, 0.29) is 5.91 Å². The van der Waals surface area contributed by atoms with Crippen LogP contribution in [-0.2, 0) is 4.79 Å². The number of hydrazone groups is 1. The quantitative estimate of drug-likeness (QED) is 0.560. The molecule has 0 bridgehead atoms. The summed E-state index contributed by atoms with van der Waals surface area (Å²) in [6.07, 6.45) is 2.52. The molecular weight excluding hydrogens is 338 g/mol. The SMILES string of the molecule is CC(Oc1cccc2cccnc12)C(=O)NN=Cc1ccc(Cl)cc1. The van der Waals surface area contributed by atoms with Crippen LogP contribution in [0.4, 0.5) is 0 Å². The molecule has 0 fully saturated rings. The van der Waals surface area contributed by atoms with E-state index in [1.165, 1.54) is 0 Å². The molecule has 1 atom stereocenters. The minimum atomic E-state index is -0.713. The second-order valence-corrected chi connectivity index (χ2v) is 5.81. The number of rotatable bonds is 5. The molecule has 5 nitrogen and oxygen atoms in total. The molecule has 1 unspecified atom stereocenters. The van der Waals surface area contributed by atoms with Crippen molar-refractivity contribution in [1.29, 1.82) is 0 Å². The first-order valence-corrected chi connectivity index (χ1v) is 8.10. The molecule has 0 spiro atoms. The molecule has 3 aromatic rings. The van der Waals surface area contributed by atoms with E-state index in [0.717, 1.165) is 10.9 Å². The fraction of sp³-hybridized carbons (Fsp3) is 0.105. The van der Waals surface area contributed by atoms with Gasteiger partial charge in [0.2, 0.25) is 0 Å². The fourth-order valence-electron chi connectivity index (χ4n) is 2.23. The maximum Gasteiger partial charge on any atom is 0.280 e. The van der Waals surface area contributed by atoms with Crippen LogP contribution in [0, 0.1) is 0 Å². The van der Waals surface area contributed by atoms with Gasteiger partial charge in [-0.3, -0.25) is 9.78 Å². The molecule has 126 valence electrons. The number of carbonyl (C=O) groups excluding carboxylic acids is 1. The monoisotopic (exact) mass is 353 g/mol. The van der Waals surface area contributed by atoms with Crippen molar-refractivity contribution in [3.05, 3.63) is 71.4 Å². The third-order valence-electron chi connectivity index (χ3n) is 3.53. The van der Waals surface area contributed by atoms with Gasteiger partial charge in [0.25, 0.3) is 5.91 Å². The zero-order valence-corrected chi connectivity index (χ0v) is 14.3. The topological polar surface area (TPSA) is 63.6 Å². The number of benzene rings is 2. The van der Waals surface area contributed by atoms with Crippen LogP contribution in [0.5, 0.6) is 5.75 Å². The Labute approximate surface area is 150 Å². The van der Waals surface area contributed by atoms with Crippen LogP contribution >= 0.6 is 11.6 Å². The average Bonchev–Trinajstić information content (AvgIpc) is 2.63. The molecule has 6 heteroatoms. The number of para-hydroxylation sites is 1. The number of aromatic nitrogens is 1. The molecule has 0 aliphatic heterocycles. The van der Waals surface area contributed by atoms with Crippen molar-refractivity contribution in [3.63, 3.8) is 0 Å². The van der Waals surface area contributed by atoms with Crippen molar-refractivity contribution in [2.45, 2.75) is 13.0 Å². The van der Waals surface area contributed by atoms with Crippen LogP contribution in [-0.4, -0.2) is 23.2 Å². The summed E-state index contributed by atoms with van der Waals surface area (Å²) < 4.78 is 5.74. The summed E-state index contributed by atoms with van der Waals surface area (Å²) in [5.41, 5.74) is 4.01. The summed E-state index contributed by atoms with van der Waals surface area (Å²) >= 11 is 5.82. The fourth-order valence-corrected chi connectivity index (χ4v) is 2.35. The molecule has 0 saturated carbocycles. The number of pyridine rings is 1. The first-order valence-electron chi connectivity index (χ1n) is 7.72. The summed E-state index contributed by atoms with van der Waals surface area (Å²) in [6.45, 7) is 1.66. The Morgan fingerprint density at radius 2 is 1.96 bits per heavy atom. The standard InChI is InChI=1S/C19H16ClN3O2/c1-13(19(24)23-22-12-14-7-9-16(20)10-8-14)25-17-6-2-4-15-5-3-11-21-18(15)17/h2-13H,1H3,(H,23,24). The Hall–Kier alpha value is -2.92. The maximum atomic E-state index is 12.1. The lowest BCUT2D eigenvalue weighted by atomic mass is 10.2. The molecule has 0 aliphatic carbocycles. The second-order valence-electron chi connectivity index (χ2n) is 5.38. The van der Waals surface area contributed by atoms with Crippen molar-refractivity contribution in [2.75, 3.05) is 0 Å². The zero-order chi connectivity index (χ0) is 17.6. The molecular formula is C19H16ClN3O2. The van der Waals surface area contributed by atoms with Crippen molar-refractivity contribution in [1.82, 2.24) is 10.4 Å². The van der Waals surface area contributed by atoms with Crippen molar-refractivity contribution < 1.29 is 9.53 Å². The normalized spacial score (nSPS) is 12.2. The first-order chi connectivity index (χ1) is 12.1. The van der Waals surface area contributed by atoms with Crippen LogP contribution in [0.15, 0.2) is 65.9 Å². The summed E-state index contributed by atoms with van der Waals surface area (Å²) in [4.78, 5) is 16.4. The lowest BCUT2D eigenvalue weighted by Gasteiger charge is -2.14. The third-order valence-corrected chi connectivity index (χ3v) is 3.78. The lowest BCUT2D eigenvalue weighted by molar-refractivity contribution is -0.127. The van der Waals surface area contributed by atoms with Crippen LogP contribution < -0.4 is 10.2 Å². The van der Waals surface area contributed by atoms with E-state index in [2.05, 4.69) is 15.5 Å². The van der Waals surface area contributed by atoms with Gasteiger partial charge in [0, 0.05) is 16.6 Å². The number of nitrogens with zero attached hydrogens (tertiary/aromatic N) is 2. The van der Waals surface area contributed by atoms with Crippen LogP contribution in [0.3, 0.4) is 0 Å². The predicted octanol–water partition coefficient (Wildman–Crippen LogP) is 3.81. The summed E-state index contributed by atoms with van der Waals surface area (Å²) in [5.74, 6) is 0.209. The highest BCUT2D eigenvalue weighted by Gasteiger charge is 2.15. The highest BCUT2D eigenvalue weighted by Crippen LogP contribution is 2.23. The van der Waals surface area contributed by atoms with Gasteiger partial charge >= 0.3 is 0 Å². The number of halogens is 1. The molecule has 0 aliphatic rings. The number of hydrogen-bond donors (Lipinski definition) is 1. The van der Waals surface area contributed by atoms with Crippen molar-refractivity contribution in [2.24, 2.45) is 5.10 Å². The van der Waals surface area contributed by atoms with E-state index in [1.807, 2.05) is 24.3 Å². The van der Waals surface area contributed by atoms with Crippen LogP contribution in [0.1, 0.15) is 12.5 Å². The van der Waals surface area contributed by atoms with Gasteiger partial charge in [-0.2, -0.15) is 5.10 Å². The Bertz CT molecular complexity index is 905. The summed E-state index contributed by atoms with van der Waals surface area (Å²) in [5, 5.41) is 5.53. The highest BCUT2D eigenvalue weighted by molar-refractivity contribution is 6.30. The van der Waals surface area contributed by atoms with Gasteiger partial charge in [-0.25, -0.2) is 5.43 Å². The smallest absolute Gasteiger partial charge is 0.280 e.